The molecule has 0 aromatic heterocycles. The van der Waals surface area contributed by atoms with Crippen molar-refractivity contribution >= 4 is 11.6 Å². The van der Waals surface area contributed by atoms with Gasteiger partial charge < -0.3 is 5.73 Å². The van der Waals surface area contributed by atoms with E-state index < -0.39 is 0 Å². The van der Waals surface area contributed by atoms with Gasteiger partial charge in [0.25, 0.3) is 0 Å². The molecule has 2 aromatic rings. The third-order valence-corrected chi connectivity index (χ3v) is 3.56. The van der Waals surface area contributed by atoms with Gasteiger partial charge in [-0.25, -0.2) is 4.39 Å². The van der Waals surface area contributed by atoms with Crippen LogP contribution in [0, 0.1) is 12.7 Å². The molecule has 2 N–H and O–H groups in total. The van der Waals surface area contributed by atoms with Gasteiger partial charge >= 0.3 is 0 Å². The predicted octanol–water partition coefficient (Wildman–Crippen LogP) is 4.27. The topological polar surface area (TPSA) is 26.0 Å². The van der Waals surface area contributed by atoms with Crippen LogP contribution in [0.2, 0.25) is 5.02 Å². The van der Waals surface area contributed by atoms with E-state index in [1.165, 1.54) is 6.07 Å². The van der Waals surface area contributed by atoms with E-state index in [9.17, 15) is 4.39 Å². The minimum absolute atomic E-state index is 0.175. The predicted molar refractivity (Wildman–Crippen MR) is 78.1 cm³/mol. The maximum atomic E-state index is 13.4. The Morgan fingerprint density at radius 3 is 2.32 bits per heavy atom. The van der Waals surface area contributed by atoms with Crippen molar-refractivity contribution in [2.45, 2.75) is 19.3 Å². The summed E-state index contributed by atoms with van der Waals surface area (Å²) in [5.74, 6) is 0.00733. The van der Waals surface area contributed by atoms with Gasteiger partial charge in [-0.1, -0.05) is 35.9 Å². The van der Waals surface area contributed by atoms with Crippen molar-refractivity contribution in [1.29, 1.82) is 0 Å². The van der Waals surface area contributed by atoms with E-state index in [1.807, 2.05) is 36.4 Å². The number of benzene rings is 2. The van der Waals surface area contributed by atoms with Crippen LogP contribution in [-0.2, 0) is 0 Å². The summed E-state index contributed by atoms with van der Waals surface area (Å²) in [7, 11) is 0. The summed E-state index contributed by atoms with van der Waals surface area (Å²) in [6.45, 7) is 2.36. The van der Waals surface area contributed by atoms with Gasteiger partial charge in [-0.15, -0.1) is 0 Å². The minimum atomic E-state index is -0.175. The molecule has 0 spiro atoms. The molecule has 100 valence electrons. The Balaban J connectivity index is 2.38. The Kier molecular flexibility index (Phi) is 4.56. The first-order valence-electron chi connectivity index (χ1n) is 6.33. The summed E-state index contributed by atoms with van der Waals surface area (Å²) in [5.41, 5.74) is 8.61. The molecule has 19 heavy (non-hydrogen) atoms. The molecule has 0 fully saturated rings. The van der Waals surface area contributed by atoms with Crippen LogP contribution < -0.4 is 5.73 Å². The third kappa shape index (κ3) is 3.34. The third-order valence-electron chi connectivity index (χ3n) is 3.31. The fourth-order valence-corrected chi connectivity index (χ4v) is 2.40. The van der Waals surface area contributed by atoms with E-state index in [-0.39, 0.29) is 11.7 Å². The SMILES string of the molecule is Cc1cc(C(CCN)c2ccc(Cl)cc2)ccc1F. The Morgan fingerprint density at radius 1 is 1.11 bits per heavy atom. The Labute approximate surface area is 118 Å². The van der Waals surface area contributed by atoms with Crippen molar-refractivity contribution < 1.29 is 4.39 Å². The zero-order chi connectivity index (χ0) is 13.8. The first-order valence-corrected chi connectivity index (χ1v) is 6.71. The van der Waals surface area contributed by atoms with E-state index in [4.69, 9.17) is 17.3 Å². The Morgan fingerprint density at radius 2 is 1.74 bits per heavy atom. The van der Waals surface area contributed by atoms with Crippen LogP contribution in [0.4, 0.5) is 4.39 Å². The van der Waals surface area contributed by atoms with E-state index in [2.05, 4.69) is 0 Å². The van der Waals surface area contributed by atoms with Gasteiger partial charge in [0.1, 0.15) is 5.82 Å². The van der Waals surface area contributed by atoms with Gasteiger partial charge in [0.05, 0.1) is 0 Å². The first kappa shape index (κ1) is 14.0. The molecular weight excluding hydrogens is 261 g/mol. The smallest absolute Gasteiger partial charge is 0.126 e. The monoisotopic (exact) mass is 277 g/mol. The van der Waals surface area contributed by atoms with E-state index >= 15 is 0 Å². The molecular formula is C16H17ClFN. The van der Waals surface area contributed by atoms with Crippen LogP contribution in [0.25, 0.3) is 0 Å². The lowest BCUT2D eigenvalue weighted by Gasteiger charge is -2.18. The van der Waals surface area contributed by atoms with Crippen molar-refractivity contribution in [3.63, 3.8) is 0 Å². The number of hydrogen-bond donors (Lipinski definition) is 1. The summed E-state index contributed by atoms with van der Waals surface area (Å²) in [6, 6.07) is 13.0. The second kappa shape index (κ2) is 6.18. The molecule has 1 unspecified atom stereocenters. The molecule has 0 aliphatic heterocycles. The molecule has 0 saturated carbocycles. The average molecular weight is 278 g/mol. The highest BCUT2D eigenvalue weighted by Gasteiger charge is 2.14. The molecule has 1 atom stereocenters. The number of hydrogen-bond acceptors (Lipinski definition) is 1. The highest BCUT2D eigenvalue weighted by molar-refractivity contribution is 6.30. The average Bonchev–Trinajstić information content (AvgIpc) is 2.41. The summed E-state index contributed by atoms with van der Waals surface area (Å²) < 4.78 is 13.4. The highest BCUT2D eigenvalue weighted by Crippen LogP contribution is 2.29. The zero-order valence-corrected chi connectivity index (χ0v) is 11.6. The summed E-state index contributed by atoms with van der Waals surface area (Å²) >= 11 is 5.91. The fraction of sp³-hybridized carbons (Fsp3) is 0.250. The zero-order valence-electron chi connectivity index (χ0n) is 10.9. The molecule has 2 aromatic carbocycles. The minimum Gasteiger partial charge on any atom is -0.330 e. The molecule has 0 aliphatic carbocycles. The normalized spacial score (nSPS) is 12.4. The molecule has 0 bridgehead atoms. The number of halogens is 2. The largest absolute Gasteiger partial charge is 0.330 e. The number of nitrogens with two attached hydrogens (primary N) is 1. The van der Waals surface area contributed by atoms with Gasteiger partial charge in [0.2, 0.25) is 0 Å². The van der Waals surface area contributed by atoms with Crippen LogP contribution in [0.1, 0.15) is 29.0 Å². The van der Waals surface area contributed by atoms with Crippen molar-refractivity contribution in [2.75, 3.05) is 6.54 Å². The van der Waals surface area contributed by atoms with Gasteiger partial charge in [0.15, 0.2) is 0 Å². The van der Waals surface area contributed by atoms with Crippen LogP contribution >= 0.6 is 11.6 Å². The van der Waals surface area contributed by atoms with Crippen LogP contribution in [0.3, 0.4) is 0 Å². The lowest BCUT2D eigenvalue weighted by molar-refractivity contribution is 0.615. The summed E-state index contributed by atoms with van der Waals surface area (Å²) in [5, 5.41) is 0.713. The van der Waals surface area contributed by atoms with Gasteiger partial charge in [0, 0.05) is 10.9 Å². The molecule has 0 amide bonds. The highest BCUT2D eigenvalue weighted by atomic mass is 35.5. The van der Waals surface area contributed by atoms with Gasteiger partial charge in [-0.2, -0.15) is 0 Å². The Bertz CT molecular complexity index is 551. The van der Waals surface area contributed by atoms with Gasteiger partial charge in [-0.3, -0.25) is 0 Å². The standard InChI is InChI=1S/C16H17ClFN/c1-11-10-13(4-7-16(11)18)15(8-9-19)12-2-5-14(17)6-3-12/h2-7,10,15H,8-9,19H2,1H3. The van der Waals surface area contributed by atoms with E-state index in [0.29, 0.717) is 17.1 Å². The molecule has 3 heteroatoms. The maximum Gasteiger partial charge on any atom is 0.126 e. The van der Waals surface area contributed by atoms with Crippen LogP contribution in [0.15, 0.2) is 42.5 Å². The number of rotatable bonds is 4. The first-order chi connectivity index (χ1) is 9.11. The van der Waals surface area contributed by atoms with Crippen LogP contribution in [-0.4, -0.2) is 6.54 Å². The van der Waals surface area contributed by atoms with Crippen molar-refractivity contribution in [2.24, 2.45) is 5.73 Å². The van der Waals surface area contributed by atoms with Crippen molar-refractivity contribution in [3.05, 3.63) is 70.0 Å². The lowest BCUT2D eigenvalue weighted by Crippen LogP contribution is -2.09. The quantitative estimate of drug-likeness (QED) is 0.887. The molecule has 2 rings (SSSR count). The fourth-order valence-electron chi connectivity index (χ4n) is 2.27. The molecule has 0 radical (unpaired) electrons. The molecule has 0 heterocycles. The second-order valence-electron chi connectivity index (χ2n) is 4.69. The molecule has 0 aliphatic rings. The van der Waals surface area contributed by atoms with E-state index in [0.717, 1.165) is 17.5 Å². The molecule has 1 nitrogen and oxygen atoms in total. The van der Waals surface area contributed by atoms with Crippen molar-refractivity contribution in [1.82, 2.24) is 0 Å². The lowest BCUT2D eigenvalue weighted by atomic mass is 9.88. The summed E-state index contributed by atoms with van der Waals surface area (Å²) in [4.78, 5) is 0. The van der Waals surface area contributed by atoms with E-state index in [1.54, 1.807) is 6.92 Å². The Hall–Kier alpha value is -1.38. The van der Waals surface area contributed by atoms with Gasteiger partial charge in [-0.05, 0) is 54.8 Å². The van der Waals surface area contributed by atoms with Crippen molar-refractivity contribution in [3.8, 4) is 0 Å². The molecule has 0 saturated heterocycles. The second-order valence-corrected chi connectivity index (χ2v) is 5.13. The number of aryl methyl sites for hydroxylation is 1. The maximum absolute atomic E-state index is 13.4. The summed E-state index contributed by atoms with van der Waals surface area (Å²) in [6.07, 6.45) is 0.826. The van der Waals surface area contributed by atoms with Crippen LogP contribution in [0.5, 0.6) is 0 Å².